The van der Waals surface area contributed by atoms with E-state index in [4.69, 9.17) is 11.5 Å². The summed E-state index contributed by atoms with van der Waals surface area (Å²) in [5.41, 5.74) is 10.7. The number of methoxy groups -OCH3 is 1. The molecule has 0 radical (unpaired) electrons. The van der Waals surface area contributed by atoms with Crippen molar-refractivity contribution < 1.29 is 13.9 Å². The van der Waals surface area contributed by atoms with Crippen LogP contribution in [0.3, 0.4) is 0 Å². The molecule has 0 aromatic rings. The van der Waals surface area contributed by atoms with Gasteiger partial charge in [0.05, 0.1) is 19.5 Å². The van der Waals surface area contributed by atoms with Crippen LogP contribution >= 0.6 is 0 Å². The molecule has 0 aromatic carbocycles. The lowest BCUT2D eigenvalue weighted by Crippen LogP contribution is -2.31. The summed E-state index contributed by atoms with van der Waals surface area (Å²) < 4.78 is 17.5. The van der Waals surface area contributed by atoms with Gasteiger partial charge in [0.25, 0.3) is 0 Å². The van der Waals surface area contributed by atoms with Crippen LogP contribution in [0.15, 0.2) is 16.9 Å². The number of rotatable bonds is 6. The minimum Gasteiger partial charge on any atom is -0.468 e. The van der Waals surface area contributed by atoms with Gasteiger partial charge in [-0.15, -0.1) is 0 Å². The fourth-order valence-corrected chi connectivity index (χ4v) is 0.954. The van der Waals surface area contributed by atoms with Crippen LogP contribution in [0, 0.1) is 0 Å². The van der Waals surface area contributed by atoms with Crippen molar-refractivity contribution in [2.75, 3.05) is 13.7 Å². The predicted octanol–water partition coefficient (Wildman–Crippen LogP) is 0.497. The first kappa shape index (κ1) is 14.6. The first-order chi connectivity index (χ1) is 7.47. The van der Waals surface area contributed by atoms with E-state index >= 15 is 0 Å². The average molecular weight is 231 g/mol. The summed E-state index contributed by atoms with van der Waals surface area (Å²) >= 11 is 0. The highest BCUT2D eigenvalue weighted by atomic mass is 19.1. The smallest absolute Gasteiger partial charge is 0.322 e. The Morgan fingerprint density at radius 2 is 2.25 bits per heavy atom. The van der Waals surface area contributed by atoms with Crippen LogP contribution in [-0.2, 0) is 9.53 Å². The van der Waals surface area contributed by atoms with Gasteiger partial charge < -0.3 is 16.2 Å². The zero-order valence-corrected chi connectivity index (χ0v) is 9.57. The predicted molar refractivity (Wildman–Crippen MR) is 60.6 cm³/mol. The summed E-state index contributed by atoms with van der Waals surface area (Å²) in [5.74, 6) is -0.554. The van der Waals surface area contributed by atoms with E-state index in [9.17, 15) is 9.18 Å². The van der Waals surface area contributed by atoms with Gasteiger partial charge in [0, 0.05) is 0 Å². The number of esters is 1. The summed E-state index contributed by atoms with van der Waals surface area (Å²) in [5, 5.41) is 0. The third-order valence-electron chi connectivity index (χ3n) is 1.83. The molecule has 0 aliphatic rings. The lowest BCUT2D eigenvalue weighted by atomic mass is 10.1. The van der Waals surface area contributed by atoms with Gasteiger partial charge in [-0.05, 0) is 19.8 Å². The van der Waals surface area contributed by atoms with Crippen molar-refractivity contribution in [2.45, 2.75) is 25.8 Å². The molecule has 1 atom stereocenters. The maximum absolute atomic E-state index is 13.0. The zero-order valence-electron chi connectivity index (χ0n) is 9.57. The SMILES string of the molecule is COC(=O)C(N)CCC=C(F)CN=C(C)N. The second kappa shape index (κ2) is 7.81. The van der Waals surface area contributed by atoms with Gasteiger partial charge in [-0.1, -0.05) is 6.08 Å². The Morgan fingerprint density at radius 3 is 2.75 bits per heavy atom. The van der Waals surface area contributed by atoms with Crippen molar-refractivity contribution in [1.82, 2.24) is 0 Å². The molecule has 0 spiro atoms. The van der Waals surface area contributed by atoms with Crippen molar-refractivity contribution in [2.24, 2.45) is 16.5 Å². The molecule has 6 heteroatoms. The van der Waals surface area contributed by atoms with Crippen LogP contribution in [0.25, 0.3) is 0 Å². The van der Waals surface area contributed by atoms with Gasteiger partial charge in [0.15, 0.2) is 0 Å². The van der Waals surface area contributed by atoms with Gasteiger partial charge >= 0.3 is 5.97 Å². The normalized spacial score (nSPS) is 14.8. The van der Waals surface area contributed by atoms with E-state index in [1.165, 1.54) is 13.2 Å². The molecule has 92 valence electrons. The second-order valence-electron chi connectivity index (χ2n) is 3.32. The zero-order chi connectivity index (χ0) is 12.6. The number of hydrogen-bond acceptors (Lipinski definition) is 4. The maximum Gasteiger partial charge on any atom is 0.322 e. The number of ether oxygens (including phenoxy) is 1. The number of carbonyl (C=O) groups is 1. The highest BCUT2D eigenvalue weighted by Crippen LogP contribution is 2.04. The van der Waals surface area contributed by atoms with Crippen LogP contribution in [0.4, 0.5) is 4.39 Å². The number of nitrogens with zero attached hydrogens (tertiary/aromatic N) is 1. The van der Waals surface area contributed by atoms with Crippen LogP contribution < -0.4 is 11.5 Å². The van der Waals surface area contributed by atoms with Crippen molar-refractivity contribution in [1.29, 1.82) is 0 Å². The number of nitrogens with two attached hydrogens (primary N) is 2. The fourth-order valence-electron chi connectivity index (χ4n) is 0.954. The Morgan fingerprint density at radius 1 is 1.62 bits per heavy atom. The Labute approximate surface area is 94.3 Å². The molecule has 0 saturated carbocycles. The third kappa shape index (κ3) is 6.94. The summed E-state index contributed by atoms with van der Waals surface area (Å²) in [6.45, 7) is 1.51. The monoisotopic (exact) mass is 231 g/mol. The summed E-state index contributed by atoms with van der Waals surface area (Å²) in [4.78, 5) is 14.6. The van der Waals surface area contributed by atoms with Gasteiger partial charge in [-0.2, -0.15) is 0 Å². The van der Waals surface area contributed by atoms with Crippen molar-refractivity contribution in [3.05, 3.63) is 11.9 Å². The topological polar surface area (TPSA) is 90.7 Å². The molecular weight excluding hydrogens is 213 g/mol. The Hall–Kier alpha value is -1.43. The summed E-state index contributed by atoms with van der Waals surface area (Å²) in [6, 6.07) is -0.714. The average Bonchev–Trinajstić information content (AvgIpc) is 2.24. The molecule has 0 saturated heterocycles. The summed E-state index contributed by atoms with van der Waals surface area (Å²) in [6.07, 6.45) is 2.04. The minimum absolute atomic E-state index is 0.0736. The molecule has 0 aromatic heterocycles. The third-order valence-corrected chi connectivity index (χ3v) is 1.83. The maximum atomic E-state index is 13.0. The lowest BCUT2D eigenvalue weighted by molar-refractivity contribution is -0.142. The lowest BCUT2D eigenvalue weighted by Gasteiger charge is -2.06. The molecule has 5 nitrogen and oxygen atoms in total. The van der Waals surface area contributed by atoms with Crippen LogP contribution in [0.1, 0.15) is 19.8 Å². The van der Waals surface area contributed by atoms with Crippen LogP contribution in [0.2, 0.25) is 0 Å². The summed E-state index contributed by atoms with van der Waals surface area (Å²) in [7, 11) is 1.26. The Balaban J connectivity index is 3.91. The number of halogens is 1. The molecule has 0 amide bonds. The highest BCUT2D eigenvalue weighted by molar-refractivity contribution is 5.77. The van der Waals surface area contributed by atoms with E-state index < -0.39 is 12.0 Å². The van der Waals surface area contributed by atoms with E-state index in [2.05, 4.69) is 9.73 Å². The first-order valence-corrected chi connectivity index (χ1v) is 4.91. The molecule has 0 aliphatic carbocycles. The molecule has 0 heterocycles. The van der Waals surface area contributed by atoms with Gasteiger partial charge in [-0.25, -0.2) is 4.39 Å². The van der Waals surface area contributed by atoms with Gasteiger partial charge in [-0.3, -0.25) is 9.79 Å². The Bertz CT molecular complexity index is 286. The van der Waals surface area contributed by atoms with E-state index in [0.29, 0.717) is 18.7 Å². The van der Waals surface area contributed by atoms with Gasteiger partial charge in [0.1, 0.15) is 11.9 Å². The van der Waals surface area contributed by atoms with Crippen molar-refractivity contribution >= 4 is 11.8 Å². The number of allylic oxidation sites excluding steroid dienone is 1. The quantitative estimate of drug-likeness (QED) is 0.395. The Kier molecular flexibility index (Phi) is 7.11. The van der Waals surface area contributed by atoms with Crippen molar-refractivity contribution in [3.8, 4) is 0 Å². The van der Waals surface area contributed by atoms with Gasteiger partial charge in [0.2, 0.25) is 0 Å². The number of hydrogen-bond donors (Lipinski definition) is 2. The number of carbonyl (C=O) groups excluding carboxylic acids is 1. The van der Waals surface area contributed by atoms with E-state index in [1.807, 2.05) is 0 Å². The molecule has 4 N–H and O–H groups in total. The first-order valence-electron chi connectivity index (χ1n) is 4.91. The molecule has 16 heavy (non-hydrogen) atoms. The van der Waals surface area contributed by atoms with E-state index in [1.54, 1.807) is 6.92 Å². The molecule has 0 bridgehead atoms. The van der Waals surface area contributed by atoms with E-state index in [-0.39, 0.29) is 12.4 Å². The highest BCUT2D eigenvalue weighted by Gasteiger charge is 2.11. The number of amidine groups is 1. The molecule has 0 rings (SSSR count). The number of aliphatic imine (C=N–C) groups is 1. The molecule has 0 fully saturated rings. The largest absolute Gasteiger partial charge is 0.468 e. The molecule has 1 unspecified atom stereocenters. The fraction of sp³-hybridized carbons (Fsp3) is 0.600. The van der Waals surface area contributed by atoms with Crippen LogP contribution in [-0.4, -0.2) is 31.5 Å². The molecular formula is C10H18FN3O2. The second-order valence-corrected chi connectivity index (χ2v) is 3.32. The minimum atomic E-state index is -0.714. The molecule has 0 aliphatic heterocycles. The van der Waals surface area contributed by atoms with E-state index in [0.717, 1.165) is 0 Å². The van der Waals surface area contributed by atoms with Crippen molar-refractivity contribution in [3.63, 3.8) is 0 Å². The van der Waals surface area contributed by atoms with Crippen LogP contribution in [0.5, 0.6) is 0 Å². The standard InChI is InChI=1S/C10H18FN3O2/c1-7(12)14-6-8(11)4-3-5-9(13)10(15)16-2/h4,9H,3,5-6,13H2,1-2H3,(H2,12,14).